The molecule has 6 nitrogen and oxygen atoms in total. The highest BCUT2D eigenvalue weighted by Gasteiger charge is 2.33. The summed E-state index contributed by atoms with van der Waals surface area (Å²) in [5.41, 5.74) is 2.52. The van der Waals surface area contributed by atoms with Gasteiger partial charge >= 0.3 is 6.09 Å². The van der Waals surface area contributed by atoms with Crippen molar-refractivity contribution in [2.24, 2.45) is 0 Å². The van der Waals surface area contributed by atoms with Crippen LogP contribution in [0.5, 0.6) is 0 Å². The van der Waals surface area contributed by atoms with Crippen molar-refractivity contribution in [1.29, 1.82) is 0 Å². The van der Waals surface area contributed by atoms with Crippen molar-refractivity contribution in [2.75, 3.05) is 6.54 Å². The lowest BCUT2D eigenvalue weighted by Crippen LogP contribution is -2.40. The molecule has 0 radical (unpaired) electrons. The number of rotatable bonds is 2. The highest BCUT2D eigenvalue weighted by atomic mass is 79.9. The zero-order valence-corrected chi connectivity index (χ0v) is 20.4. The Balaban J connectivity index is 1.88. The van der Waals surface area contributed by atoms with Gasteiger partial charge in [0, 0.05) is 16.4 Å². The third-order valence-corrected chi connectivity index (χ3v) is 7.54. The SMILES string of the molecule is Cc1ccc(S(=O)(=O)n2c3c(c4ccc(Br)cc42)CCN(C(=O)OC(C)(C)C)C3)cc1. The summed E-state index contributed by atoms with van der Waals surface area (Å²) in [5, 5.41) is 0.887. The Labute approximate surface area is 191 Å². The van der Waals surface area contributed by atoms with Crippen LogP contribution in [0, 0.1) is 6.92 Å². The van der Waals surface area contributed by atoms with E-state index in [0.717, 1.165) is 21.0 Å². The fraction of sp³-hybridized carbons (Fsp3) is 0.348. The van der Waals surface area contributed by atoms with Gasteiger partial charge in [0.2, 0.25) is 0 Å². The number of hydrogen-bond acceptors (Lipinski definition) is 4. The van der Waals surface area contributed by atoms with Crippen LogP contribution in [0.25, 0.3) is 10.9 Å². The summed E-state index contributed by atoms with van der Waals surface area (Å²) in [6.45, 7) is 8.01. The van der Waals surface area contributed by atoms with Gasteiger partial charge in [-0.2, -0.15) is 0 Å². The molecule has 0 atom stereocenters. The number of ether oxygens (including phenoxy) is 1. The fourth-order valence-corrected chi connectivity index (χ4v) is 5.78. The molecule has 2 heterocycles. The Bertz CT molecular complexity index is 1270. The van der Waals surface area contributed by atoms with Crippen LogP contribution in [-0.4, -0.2) is 35.5 Å². The zero-order chi connectivity index (χ0) is 22.6. The second-order valence-electron chi connectivity index (χ2n) is 8.82. The van der Waals surface area contributed by atoms with Crippen molar-refractivity contribution in [2.45, 2.75) is 51.2 Å². The highest BCUT2D eigenvalue weighted by Crippen LogP contribution is 2.35. The van der Waals surface area contributed by atoms with Crippen molar-refractivity contribution < 1.29 is 17.9 Å². The molecule has 1 aliphatic rings. The van der Waals surface area contributed by atoms with Crippen LogP contribution >= 0.6 is 15.9 Å². The molecule has 2 aromatic carbocycles. The van der Waals surface area contributed by atoms with E-state index in [4.69, 9.17) is 4.74 Å². The minimum absolute atomic E-state index is 0.168. The topological polar surface area (TPSA) is 68.6 Å². The molecule has 31 heavy (non-hydrogen) atoms. The average molecular weight is 505 g/mol. The molecular formula is C23H25BrN2O4S. The van der Waals surface area contributed by atoms with Crippen LogP contribution in [0.4, 0.5) is 4.79 Å². The summed E-state index contributed by atoms with van der Waals surface area (Å²) in [7, 11) is -3.86. The molecule has 1 amide bonds. The molecule has 0 N–H and O–H groups in total. The molecule has 0 saturated carbocycles. The number of aryl methyl sites for hydroxylation is 1. The first-order chi connectivity index (χ1) is 14.5. The first kappa shape index (κ1) is 21.9. The number of benzene rings is 2. The standard InChI is InChI=1S/C23H25BrN2O4S/c1-15-5-8-17(9-6-15)31(28,29)26-20-13-16(24)7-10-18(20)19-11-12-25(14-21(19)26)22(27)30-23(2,3)4/h5-10,13H,11-12,14H2,1-4H3. The summed E-state index contributed by atoms with van der Waals surface area (Å²) >= 11 is 3.47. The van der Waals surface area contributed by atoms with Crippen LogP contribution in [0.2, 0.25) is 0 Å². The van der Waals surface area contributed by atoms with Gasteiger partial charge in [-0.25, -0.2) is 17.2 Å². The van der Waals surface area contributed by atoms with E-state index in [1.54, 1.807) is 29.2 Å². The first-order valence-corrected chi connectivity index (χ1v) is 12.3. The molecule has 4 rings (SSSR count). The van der Waals surface area contributed by atoms with E-state index < -0.39 is 21.7 Å². The minimum Gasteiger partial charge on any atom is -0.444 e. The van der Waals surface area contributed by atoms with E-state index in [9.17, 15) is 13.2 Å². The number of carbonyl (C=O) groups is 1. The van der Waals surface area contributed by atoms with Gasteiger partial charge in [-0.3, -0.25) is 0 Å². The average Bonchev–Trinajstić information content (AvgIpc) is 3.00. The van der Waals surface area contributed by atoms with E-state index >= 15 is 0 Å². The van der Waals surface area contributed by atoms with E-state index in [0.29, 0.717) is 24.2 Å². The van der Waals surface area contributed by atoms with Gasteiger partial charge in [0.05, 0.1) is 22.7 Å². The van der Waals surface area contributed by atoms with Crippen LogP contribution in [-0.2, 0) is 27.7 Å². The number of carbonyl (C=O) groups excluding carboxylic acids is 1. The first-order valence-electron chi connectivity index (χ1n) is 10.1. The van der Waals surface area contributed by atoms with E-state index in [1.165, 1.54) is 3.97 Å². The third kappa shape index (κ3) is 4.11. The molecule has 1 aliphatic heterocycles. The molecule has 0 saturated heterocycles. The number of aromatic nitrogens is 1. The summed E-state index contributed by atoms with van der Waals surface area (Å²) in [6.07, 6.45) is 0.118. The van der Waals surface area contributed by atoms with Crippen molar-refractivity contribution >= 4 is 42.9 Å². The molecule has 0 bridgehead atoms. The smallest absolute Gasteiger partial charge is 0.410 e. The van der Waals surface area contributed by atoms with E-state index in [1.807, 2.05) is 45.9 Å². The lowest BCUT2D eigenvalue weighted by molar-refractivity contribution is 0.0221. The summed E-state index contributed by atoms with van der Waals surface area (Å²) < 4.78 is 35.2. The number of hydrogen-bond donors (Lipinski definition) is 0. The van der Waals surface area contributed by atoms with Crippen LogP contribution in [0.15, 0.2) is 51.8 Å². The maximum absolute atomic E-state index is 13.7. The normalized spacial score (nSPS) is 14.5. The van der Waals surface area contributed by atoms with Gasteiger partial charge in [-0.1, -0.05) is 39.7 Å². The largest absolute Gasteiger partial charge is 0.444 e. The summed E-state index contributed by atoms with van der Waals surface area (Å²) in [4.78, 5) is 14.5. The third-order valence-electron chi connectivity index (χ3n) is 5.28. The molecule has 164 valence electrons. The summed E-state index contributed by atoms with van der Waals surface area (Å²) in [6, 6.07) is 12.5. The molecule has 0 aliphatic carbocycles. The molecular weight excluding hydrogens is 480 g/mol. The number of amides is 1. The van der Waals surface area contributed by atoms with E-state index in [2.05, 4.69) is 15.9 Å². The van der Waals surface area contributed by atoms with Crippen LogP contribution in [0.3, 0.4) is 0 Å². The van der Waals surface area contributed by atoms with Gasteiger partial charge in [-0.15, -0.1) is 0 Å². The van der Waals surface area contributed by atoms with Crippen molar-refractivity contribution in [3.05, 3.63) is 63.8 Å². The van der Waals surface area contributed by atoms with Crippen LogP contribution < -0.4 is 0 Å². The zero-order valence-electron chi connectivity index (χ0n) is 18.0. The maximum atomic E-state index is 13.7. The minimum atomic E-state index is -3.86. The Kier molecular flexibility index (Phi) is 5.42. The Morgan fingerprint density at radius 1 is 1.10 bits per heavy atom. The van der Waals surface area contributed by atoms with Crippen molar-refractivity contribution in [1.82, 2.24) is 8.87 Å². The van der Waals surface area contributed by atoms with Gasteiger partial charge in [0.1, 0.15) is 5.60 Å². The number of halogens is 1. The quantitative estimate of drug-likeness (QED) is 0.478. The molecule has 0 spiro atoms. The lowest BCUT2D eigenvalue weighted by atomic mass is 10.0. The number of nitrogens with zero attached hydrogens (tertiary/aromatic N) is 2. The van der Waals surface area contributed by atoms with Crippen molar-refractivity contribution in [3.8, 4) is 0 Å². The lowest BCUT2D eigenvalue weighted by Gasteiger charge is -2.30. The molecule has 1 aromatic heterocycles. The molecule has 0 fully saturated rings. The molecule has 3 aromatic rings. The maximum Gasteiger partial charge on any atom is 0.410 e. The molecule has 8 heteroatoms. The van der Waals surface area contributed by atoms with Crippen molar-refractivity contribution in [3.63, 3.8) is 0 Å². The van der Waals surface area contributed by atoms with Crippen LogP contribution in [0.1, 0.15) is 37.6 Å². The second-order valence-corrected chi connectivity index (χ2v) is 11.5. The Morgan fingerprint density at radius 3 is 2.42 bits per heavy atom. The predicted octanol–water partition coefficient (Wildman–Crippen LogP) is 5.24. The highest BCUT2D eigenvalue weighted by molar-refractivity contribution is 9.10. The number of fused-ring (bicyclic) bond motifs is 3. The molecule has 0 unspecified atom stereocenters. The fourth-order valence-electron chi connectivity index (χ4n) is 3.87. The van der Waals surface area contributed by atoms with Gasteiger partial charge in [0.25, 0.3) is 10.0 Å². The Morgan fingerprint density at radius 2 is 1.77 bits per heavy atom. The van der Waals surface area contributed by atoms with Gasteiger partial charge in [0.15, 0.2) is 0 Å². The Hall–Kier alpha value is -2.32. The van der Waals surface area contributed by atoms with E-state index in [-0.39, 0.29) is 11.4 Å². The monoisotopic (exact) mass is 504 g/mol. The predicted molar refractivity (Wildman–Crippen MR) is 124 cm³/mol. The van der Waals surface area contributed by atoms with Gasteiger partial charge < -0.3 is 9.64 Å². The second kappa shape index (κ2) is 7.67. The van der Waals surface area contributed by atoms with Gasteiger partial charge in [-0.05, 0) is 63.9 Å². The summed E-state index contributed by atoms with van der Waals surface area (Å²) in [5.74, 6) is 0.